The Labute approximate surface area is 87.5 Å². The fourth-order valence-corrected chi connectivity index (χ4v) is 1.01. The summed E-state index contributed by atoms with van der Waals surface area (Å²) in [5.41, 5.74) is 0.929. The predicted molar refractivity (Wildman–Crippen MR) is 56.0 cm³/mol. The minimum absolute atomic E-state index is 0.203. The van der Waals surface area contributed by atoms with Crippen LogP contribution in [0.4, 0.5) is 0 Å². The minimum atomic E-state index is -0.552. The summed E-state index contributed by atoms with van der Waals surface area (Å²) in [6.07, 6.45) is 0. The lowest BCUT2D eigenvalue weighted by atomic mass is 10.2. The topological polar surface area (TPSA) is 64.4 Å². The Morgan fingerprint density at radius 2 is 2.13 bits per heavy atom. The summed E-state index contributed by atoms with van der Waals surface area (Å²) in [7, 11) is 1.59. The fourth-order valence-electron chi connectivity index (χ4n) is 1.01. The molecule has 0 spiro atoms. The zero-order valence-corrected chi connectivity index (χ0v) is 8.40. The maximum Gasteiger partial charge on any atom is 0.309 e. The minimum Gasteiger partial charge on any atom is -0.497 e. The van der Waals surface area contributed by atoms with Crippen LogP contribution in [0, 0.1) is 10.1 Å². The van der Waals surface area contributed by atoms with Gasteiger partial charge in [0.2, 0.25) is 0 Å². The molecule has 0 atom stereocenters. The summed E-state index contributed by atoms with van der Waals surface area (Å²) < 4.78 is 4.99. The Morgan fingerprint density at radius 3 is 2.60 bits per heavy atom. The number of ether oxygens (including phenoxy) is 1. The largest absolute Gasteiger partial charge is 0.497 e. The van der Waals surface area contributed by atoms with E-state index in [1.165, 1.54) is 0 Å². The average molecular weight is 208 g/mol. The summed E-state index contributed by atoms with van der Waals surface area (Å²) in [6, 6.07) is 7.26. The molecule has 1 aromatic carbocycles. The first-order chi connectivity index (χ1) is 7.13. The Balaban J connectivity index is 2.51. The standard InChI is InChI=1S/C10H12N2O3/c1-8(12(13)14)11-7-9-3-5-10(15-2)6-4-9/h3-6,11H,1,7H2,2H3. The smallest absolute Gasteiger partial charge is 0.309 e. The van der Waals surface area contributed by atoms with Gasteiger partial charge in [0.1, 0.15) is 12.3 Å². The first kappa shape index (κ1) is 11.0. The molecule has 0 aromatic heterocycles. The van der Waals surface area contributed by atoms with E-state index in [9.17, 15) is 10.1 Å². The van der Waals surface area contributed by atoms with E-state index in [1.807, 2.05) is 12.1 Å². The second kappa shape index (κ2) is 4.99. The van der Waals surface area contributed by atoms with Gasteiger partial charge in [-0.05, 0) is 29.2 Å². The van der Waals surface area contributed by atoms with Crippen LogP contribution in [0.3, 0.4) is 0 Å². The fraction of sp³-hybridized carbons (Fsp3) is 0.200. The van der Waals surface area contributed by atoms with Gasteiger partial charge in [-0.15, -0.1) is 0 Å². The second-order valence-electron chi connectivity index (χ2n) is 2.91. The van der Waals surface area contributed by atoms with Crippen LogP contribution in [0.25, 0.3) is 0 Å². The molecular weight excluding hydrogens is 196 g/mol. The summed E-state index contributed by atoms with van der Waals surface area (Å²) in [6.45, 7) is 3.65. The normalized spacial score (nSPS) is 9.40. The highest BCUT2D eigenvalue weighted by atomic mass is 16.6. The van der Waals surface area contributed by atoms with Crippen LogP contribution in [0.5, 0.6) is 5.75 Å². The van der Waals surface area contributed by atoms with Crippen molar-refractivity contribution in [2.24, 2.45) is 0 Å². The molecule has 0 saturated heterocycles. The van der Waals surface area contributed by atoms with Crippen LogP contribution in [0.15, 0.2) is 36.7 Å². The zero-order chi connectivity index (χ0) is 11.3. The molecule has 0 fully saturated rings. The van der Waals surface area contributed by atoms with Crippen LogP contribution in [0.2, 0.25) is 0 Å². The van der Waals surface area contributed by atoms with E-state index >= 15 is 0 Å². The molecule has 80 valence electrons. The van der Waals surface area contributed by atoms with E-state index in [0.29, 0.717) is 6.54 Å². The van der Waals surface area contributed by atoms with E-state index in [4.69, 9.17) is 4.74 Å². The van der Waals surface area contributed by atoms with Gasteiger partial charge < -0.3 is 14.9 Å². The van der Waals surface area contributed by atoms with Gasteiger partial charge in [-0.25, -0.2) is 0 Å². The van der Waals surface area contributed by atoms with Gasteiger partial charge in [0.15, 0.2) is 0 Å². The monoisotopic (exact) mass is 208 g/mol. The summed E-state index contributed by atoms with van der Waals surface area (Å²) in [4.78, 5) is 9.69. The lowest BCUT2D eigenvalue weighted by Gasteiger charge is -2.03. The van der Waals surface area contributed by atoms with Gasteiger partial charge in [-0.1, -0.05) is 12.1 Å². The van der Waals surface area contributed by atoms with Gasteiger partial charge >= 0.3 is 5.82 Å². The van der Waals surface area contributed by atoms with E-state index in [1.54, 1.807) is 19.2 Å². The molecule has 0 bridgehead atoms. The molecule has 0 heterocycles. The number of nitrogens with one attached hydrogen (secondary N) is 1. The Bertz CT molecular complexity index is 359. The van der Waals surface area contributed by atoms with Crippen molar-refractivity contribution in [1.29, 1.82) is 0 Å². The number of nitrogens with zero attached hydrogens (tertiary/aromatic N) is 1. The molecule has 0 amide bonds. The SMILES string of the molecule is C=C(NCc1ccc(OC)cc1)[N+](=O)[O-]. The molecule has 15 heavy (non-hydrogen) atoms. The Kier molecular flexibility index (Phi) is 3.68. The van der Waals surface area contributed by atoms with E-state index < -0.39 is 4.92 Å². The first-order valence-electron chi connectivity index (χ1n) is 4.33. The molecule has 0 unspecified atom stereocenters. The zero-order valence-electron chi connectivity index (χ0n) is 8.40. The summed E-state index contributed by atoms with van der Waals surface area (Å²) in [5.74, 6) is 0.553. The molecule has 0 aliphatic carbocycles. The predicted octanol–water partition coefficient (Wildman–Crippen LogP) is 1.53. The first-order valence-corrected chi connectivity index (χ1v) is 4.33. The molecule has 0 aliphatic heterocycles. The van der Waals surface area contributed by atoms with Gasteiger partial charge in [-0.3, -0.25) is 5.32 Å². The van der Waals surface area contributed by atoms with Crippen molar-refractivity contribution in [3.05, 3.63) is 52.3 Å². The highest BCUT2D eigenvalue weighted by Gasteiger charge is 2.03. The van der Waals surface area contributed by atoms with Crippen molar-refractivity contribution < 1.29 is 9.66 Å². The van der Waals surface area contributed by atoms with E-state index in [0.717, 1.165) is 11.3 Å². The molecule has 0 aliphatic rings. The van der Waals surface area contributed by atoms with Gasteiger partial charge in [0.25, 0.3) is 0 Å². The molecule has 5 nitrogen and oxygen atoms in total. The maximum absolute atomic E-state index is 10.2. The number of nitro groups is 1. The number of benzene rings is 1. The molecule has 1 rings (SSSR count). The third-order valence-corrected chi connectivity index (χ3v) is 1.88. The number of hydrogen-bond acceptors (Lipinski definition) is 4. The lowest BCUT2D eigenvalue weighted by molar-refractivity contribution is -0.431. The van der Waals surface area contributed by atoms with Gasteiger partial charge in [0.05, 0.1) is 7.11 Å². The van der Waals surface area contributed by atoms with Gasteiger partial charge in [0, 0.05) is 0 Å². The Hall–Kier alpha value is -2.04. The Morgan fingerprint density at radius 1 is 1.53 bits per heavy atom. The lowest BCUT2D eigenvalue weighted by Crippen LogP contribution is -2.17. The van der Waals surface area contributed by atoms with Crippen LogP contribution in [-0.4, -0.2) is 12.0 Å². The van der Waals surface area contributed by atoms with Crippen LogP contribution < -0.4 is 10.1 Å². The molecular formula is C10H12N2O3. The van der Waals surface area contributed by atoms with Crippen LogP contribution >= 0.6 is 0 Å². The summed E-state index contributed by atoms with van der Waals surface area (Å²) >= 11 is 0. The third-order valence-electron chi connectivity index (χ3n) is 1.88. The molecule has 1 aromatic rings. The maximum atomic E-state index is 10.2. The van der Waals surface area contributed by atoms with Crippen molar-refractivity contribution in [2.45, 2.75) is 6.54 Å². The van der Waals surface area contributed by atoms with Crippen molar-refractivity contribution in [2.75, 3.05) is 7.11 Å². The average Bonchev–Trinajstić information content (AvgIpc) is 2.26. The van der Waals surface area contributed by atoms with Crippen LogP contribution in [0.1, 0.15) is 5.56 Å². The highest BCUT2D eigenvalue weighted by molar-refractivity contribution is 5.27. The van der Waals surface area contributed by atoms with Crippen molar-refractivity contribution >= 4 is 0 Å². The molecule has 5 heteroatoms. The second-order valence-corrected chi connectivity index (χ2v) is 2.91. The number of hydrogen-bond donors (Lipinski definition) is 1. The van der Waals surface area contributed by atoms with Crippen molar-refractivity contribution in [3.8, 4) is 5.75 Å². The van der Waals surface area contributed by atoms with Gasteiger partial charge in [-0.2, -0.15) is 0 Å². The van der Waals surface area contributed by atoms with Crippen molar-refractivity contribution in [1.82, 2.24) is 5.32 Å². The molecule has 0 saturated carbocycles. The van der Waals surface area contributed by atoms with Crippen molar-refractivity contribution in [3.63, 3.8) is 0 Å². The van der Waals surface area contributed by atoms with E-state index in [2.05, 4.69) is 11.9 Å². The third kappa shape index (κ3) is 3.30. The summed E-state index contributed by atoms with van der Waals surface area (Å²) in [5, 5.41) is 12.8. The highest BCUT2D eigenvalue weighted by Crippen LogP contribution is 2.11. The van der Waals surface area contributed by atoms with Crippen LogP contribution in [-0.2, 0) is 6.54 Å². The number of methoxy groups -OCH3 is 1. The molecule has 0 radical (unpaired) electrons. The number of rotatable bonds is 5. The quantitative estimate of drug-likeness (QED) is 0.588. The molecule has 1 N–H and O–H groups in total. The van der Waals surface area contributed by atoms with E-state index in [-0.39, 0.29) is 5.82 Å².